The van der Waals surface area contributed by atoms with E-state index < -0.39 is 0 Å². The van der Waals surface area contributed by atoms with Crippen LogP contribution in [0.1, 0.15) is 13.3 Å². The fourth-order valence-corrected chi connectivity index (χ4v) is 2.49. The Hall–Kier alpha value is -2.82. The normalized spacial score (nSPS) is 10.8. The lowest BCUT2D eigenvalue weighted by Crippen LogP contribution is -2.28. The summed E-state index contributed by atoms with van der Waals surface area (Å²) in [6, 6.07) is 18.4. The second kappa shape index (κ2) is 5.89. The Kier molecular flexibility index (Phi) is 3.78. The lowest BCUT2D eigenvalue weighted by atomic mass is 10.3. The average Bonchev–Trinajstić information content (AvgIpc) is 2.81. The van der Waals surface area contributed by atoms with Crippen molar-refractivity contribution in [3.05, 3.63) is 81.6 Å². The van der Waals surface area contributed by atoms with Crippen LogP contribution in [-0.2, 0) is 6.54 Å². The quantitative estimate of drug-likeness (QED) is 0.741. The largest absolute Gasteiger partial charge is 0.352 e. The van der Waals surface area contributed by atoms with E-state index in [4.69, 9.17) is 0 Å². The number of benzene rings is 2. The average molecular weight is 295 g/mol. The summed E-state index contributed by atoms with van der Waals surface area (Å²) >= 11 is 0. The first kappa shape index (κ1) is 14.1. The molecule has 0 aliphatic heterocycles. The fraction of sp³-hybridized carbons (Fsp3) is 0.176. The van der Waals surface area contributed by atoms with Gasteiger partial charge < -0.3 is 0 Å². The van der Waals surface area contributed by atoms with Crippen molar-refractivity contribution in [3.63, 3.8) is 0 Å². The van der Waals surface area contributed by atoms with E-state index >= 15 is 0 Å². The monoisotopic (exact) mass is 295 g/mol. The Morgan fingerprint density at radius 3 is 1.50 bits per heavy atom. The molecule has 0 N–H and O–H groups in total. The number of hydrogen-bond donors (Lipinski definition) is 0. The Bertz CT molecular complexity index is 803. The molecule has 2 aromatic carbocycles. The molecule has 0 amide bonds. The van der Waals surface area contributed by atoms with E-state index in [0.717, 1.165) is 6.42 Å². The van der Waals surface area contributed by atoms with Crippen LogP contribution in [0.15, 0.2) is 70.3 Å². The minimum Gasteiger partial charge on any atom is -0.245 e. The van der Waals surface area contributed by atoms with E-state index in [1.54, 1.807) is 0 Å². The van der Waals surface area contributed by atoms with E-state index in [0.29, 0.717) is 17.9 Å². The van der Waals surface area contributed by atoms with Crippen molar-refractivity contribution < 1.29 is 0 Å². The van der Waals surface area contributed by atoms with Crippen LogP contribution in [0.25, 0.3) is 11.4 Å². The van der Waals surface area contributed by atoms with Gasteiger partial charge in [-0.25, -0.2) is 14.2 Å². The third-order valence-corrected chi connectivity index (χ3v) is 3.47. The van der Waals surface area contributed by atoms with Crippen LogP contribution >= 0.6 is 0 Å². The zero-order valence-electron chi connectivity index (χ0n) is 12.3. The Morgan fingerprint density at radius 2 is 1.14 bits per heavy atom. The van der Waals surface area contributed by atoms with Crippen molar-refractivity contribution in [2.45, 2.75) is 19.9 Å². The molecule has 3 rings (SSSR count). The molecule has 5 heteroatoms. The third-order valence-electron chi connectivity index (χ3n) is 3.47. The van der Waals surface area contributed by atoms with E-state index in [9.17, 15) is 9.59 Å². The number of hydrogen-bond acceptors (Lipinski definition) is 2. The smallest absolute Gasteiger partial charge is 0.245 e. The Labute approximate surface area is 127 Å². The highest BCUT2D eigenvalue weighted by Gasteiger charge is 2.17. The van der Waals surface area contributed by atoms with Gasteiger partial charge in [0.25, 0.3) is 0 Å². The van der Waals surface area contributed by atoms with Gasteiger partial charge in [0.15, 0.2) is 0 Å². The summed E-state index contributed by atoms with van der Waals surface area (Å²) in [6.07, 6.45) is 0.725. The zero-order chi connectivity index (χ0) is 15.5. The first-order chi connectivity index (χ1) is 10.7. The molecule has 22 heavy (non-hydrogen) atoms. The molecule has 0 bridgehead atoms. The number of nitrogens with zero attached hydrogens (tertiary/aromatic N) is 3. The number of rotatable bonds is 4. The van der Waals surface area contributed by atoms with Gasteiger partial charge >= 0.3 is 11.4 Å². The summed E-state index contributed by atoms with van der Waals surface area (Å²) in [4.78, 5) is 25.4. The molecule has 0 spiro atoms. The van der Waals surface area contributed by atoms with Gasteiger partial charge in [0.1, 0.15) is 0 Å². The first-order valence-electron chi connectivity index (χ1n) is 7.29. The molecule has 0 unspecified atom stereocenters. The topological polar surface area (TPSA) is 48.9 Å². The van der Waals surface area contributed by atoms with E-state index in [-0.39, 0.29) is 11.4 Å². The van der Waals surface area contributed by atoms with E-state index in [1.165, 1.54) is 13.9 Å². The summed E-state index contributed by atoms with van der Waals surface area (Å²) in [5.74, 6) is 0. The van der Waals surface area contributed by atoms with Crippen LogP contribution < -0.4 is 11.4 Å². The Morgan fingerprint density at radius 1 is 0.727 bits per heavy atom. The van der Waals surface area contributed by atoms with Crippen LogP contribution in [-0.4, -0.2) is 13.9 Å². The highest BCUT2D eigenvalue weighted by Crippen LogP contribution is 2.08. The molecule has 5 nitrogen and oxygen atoms in total. The molecule has 0 fully saturated rings. The molecule has 1 heterocycles. The fourth-order valence-electron chi connectivity index (χ4n) is 2.49. The molecule has 0 radical (unpaired) electrons. The molecule has 0 aliphatic carbocycles. The first-order valence-corrected chi connectivity index (χ1v) is 7.29. The summed E-state index contributed by atoms with van der Waals surface area (Å²) in [5, 5.41) is 0. The zero-order valence-corrected chi connectivity index (χ0v) is 12.3. The van der Waals surface area contributed by atoms with Crippen molar-refractivity contribution in [2.24, 2.45) is 0 Å². The van der Waals surface area contributed by atoms with Gasteiger partial charge in [-0.1, -0.05) is 43.3 Å². The molecular weight excluding hydrogens is 278 g/mol. The van der Waals surface area contributed by atoms with E-state index in [2.05, 4.69) is 0 Å². The molecule has 0 atom stereocenters. The molecule has 0 saturated heterocycles. The van der Waals surface area contributed by atoms with Gasteiger partial charge in [-0.3, -0.25) is 0 Å². The second-order valence-corrected chi connectivity index (χ2v) is 5.01. The Balaban J connectivity index is 2.35. The van der Waals surface area contributed by atoms with Crippen molar-refractivity contribution in [1.82, 2.24) is 13.9 Å². The highest BCUT2D eigenvalue weighted by atomic mass is 16.2. The van der Waals surface area contributed by atoms with Crippen molar-refractivity contribution in [3.8, 4) is 11.4 Å². The molecule has 3 aromatic rings. The van der Waals surface area contributed by atoms with Gasteiger partial charge in [-0.2, -0.15) is 9.36 Å². The highest BCUT2D eigenvalue weighted by molar-refractivity contribution is 5.35. The number of aromatic nitrogens is 3. The predicted octanol–water partition coefficient (Wildman–Crippen LogP) is 2.20. The lowest BCUT2D eigenvalue weighted by Gasteiger charge is -2.08. The molecule has 1 aromatic heterocycles. The van der Waals surface area contributed by atoms with Gasteiger partial charge in [0.2, 0.25) is 0 Å². The van der Waals surface area contributed by atoms with Crippen LogP contribution in [0.5, 0.6) is 0 Å². The summed E-state index contributed by atoms with van der Waals surface area (Å²) < 4.78 is 4.13. The van der Waals surface area contributed by atoms with E-state index in [1.807, 2.05) is 67.6 Å². The minimum atomic E-state index is -0.318. The summed E-state index contributed by atoms with van der Waals surface area (Å²) in [5.41, 5.74) is 0.704. The van der Waals surface area contributed by atoms with Crippen molar-refractivity contribution >= 4 is 0 Å². The maximum atomic E-state index is 12.7. The SMILES string of the molecule is CCCn1c(=O)n(-c2ccccc2)n(-c2ccccc2)c1=O. The molecular formula is C17H17N3O2. The van der Waals surface area contributed by atoms with Gasteiger partial charge in [0.05, 0.1) is 11.4 Å². The van der Waals surface area contributed by atoms with Crippen LogP contribution in [0.3, 0.4) is 0 Å². The maximum absolute atomic E-state index is 12.7. The van der Waals surface area contributed by atoms with Crippen molar-refractivity contribution in [2.75, 3.05) is 0 Å². The maximum Gasteiger partial charge on any atom is 0.352 e. The molecule has 0 aliphatic rings. The van der Waals surface area contributed by atoms with Gasteiger partial charge in [0, 0.05) is 6.54 Å². The van der Waals surface area contributed by atoms with Gasteiger partial charge in [-0.05, 0) is 30.7 Å². The predicted molar refractivity (Wildman–Crippen MR) is 85.9 cm³/mol. The second-order valence-electron chi connectivity index (χ2n) is 5.01. The lowest BCUT2D eigenvalue weighted by molar-refractivity contribution is 0.630. The van der Waals surface area contributed by atoms with Gasteiger partial charge in [-0.15, -0.1) is 0 Å². The number of para-hydroxylation sites is 2. The third kappa shape index (κ3) is 2.30. The standard InChI is InChI=1S/C17H17N3O2/c1-2-13-18-16(21)19(14-9-5-3-6-10-14)20(17(18)22)15-11-7-4-8-12-15/h3-12H,2,13H2,1H3. The minimum absolute atomic E-state index is 0.318. The summed E-state index contributed by atoms with van der Waals surface area (Å²) in [6.45, 7) is 2.35. The van der Waals surface area contributed by atoms with Crippen LogP contribution in [0.2, 0.25) is 0 Å². The molecule has 112 valence electrons. The molecule has 0 saturated carbocycles. The van der Waals surface area contributed by atoms with Crippen LogP contribution in [0, 0.1) is 0 Å². The van der Waals surface area contributed by atoms with Crippen LogP contribution in [0.4, 0.5) is 0 Å². The van der Waals surface area contributed by atoms with Crippen molar-refractivity contribution in [1.29, 1.82) is 0 Å². The summed E-state index contributed by atoms with van der Waals surface area (Å²) in [7, 11) is 0.